The highest BCUT2D eigenvalue weighted by Gasteiger charge is 1.86. The lowest BCUT2D eigenvalue weighted by Crippen LogP contribution is -1.73. The van der Waals surface area contributed by atoms with Crippen LogP contribution in [0.25, 0.3) is 0 Å². The lowest BCUT2D eigenvalue weighted by Gasteiger charge is -1.94. The molecule has 0 fully saturated rings. The van der Waals surface area contributed by atoms with Crippen molar-refractivity contribution in [2.75, 3.05) is 0 Å². The van der Waals surface area contributed by atoms with Crippen LogP contribution in [0, 0.1) is 0 Å². The van der Waals surface area contributed by atoms with Crippen LogP contribution in [0.3, 0.4) is 0 Å². The molecule has 0 nitrogen and oxygen atoms in total. The van der Waals surface area contributed by atoms with Gasteiger partial charge in [0.15, 0.2) is 0 Å². The molecule has 0 amide bonds. The van der Waals surface area contributed by atoms with Gasteiger partial charge in [0.05, 0.1) is 0 Å². The van der Waals surface area contributed by atoms with Crippen molar-refractivity contribution in [1.29, 1.82) is 0 Å². The Morgan fingerprint density at radius 1 is 0.611 bits per heavy atom. The Kier molecular flexibility index (Phi) is 17.4. The van der Waals surface area contributed by atoms with Crippen molar-refractivity contribution in [2.24, 2.45) is 0 Å². The molecule has 2 heteroatoms. The summed E-state index contributed by atoms with van der Waals surface area (Å²) in [6.45, 7) is 4.52. The zero-order valence-corrected chi connectivity index (χ0v) is 13.8. The molecule has 0 aromatic carbocycles. The first-order chi connectivity index (χ1) is 8.91. The summed E-state index contributed by atoms with van der Waals surface area (Å²) in [5.74, 6) is 0. The first-order valence-electron chi connectivity index (χ1n) is 7.54. The number of allylic oxidation sites excluding steroid dienone is 2. The molecule has 0 aliphatic carbocycles. The first-order valence-corrected chi connectivity index (χ1v) is 9.81. The average Bonchev–Trinajstić information content (AvgIpc) is 2.39. The van der Waals surface area contributed by atoms with Crippen molar-refractivity contribution in [2.45, 2.75) is 78.1 Å². The SMILES string of the molecule is CCCCCC/C=C/SS/C=C/CCCCCC. The van der Waals surface area contributed by atoms with Gasteiger partial charge in [-0.2, -0.15) is 0 Å². The highest BCUT2D eigenvalue weighted by atomic mass is 33.1. The molecule has 0 bridgehead atoms. The van der Waals surface area contributed by atoms with Crippen molar-refractivity contribution in [3.8, 4) is 0 Å². The second kappa shape index (κ2) is 17.2. The van der Waals surface area contributed by atoms with Crippen molar-refractivity contribution in [3.63, 3.8) is 0 Å². The largest absolute Gasteiger partial charge is 0.0773 e. The van der Waals surface area contributed by atoms with Crippen LogP contribution in [0.2, 0.25) is 0 Å². The van der Waals surface area contributed by atoms with Crippen LogP contribution < -0.4 is 0 Å². The molecule has 18 heavy (non-hydrogen) atoms. The van der Waals surface area contributed by atoms with Gasteiger partial charge in [0.1, 0.15) is 0 Å². The molecule has 0 atom stereocenters. The standard InChI is InChI=1S/C16H30S2/c1-3-5-7-9-11-13-15-17-18-16-14-12-10-8-6-4-2/h13-16H,3-12H2,1-2H3/b15-13+,16-14+. The third-order valence-corrected chi connectivity index (χ3v) is 4.53. The quantitative estimate of drug-likeness (QED) is 0.257. The third kappa shape index (κ3) is 16.2. The van der Waals surface area contributed by atoms with Crippen LogP contribution in [0.1, 0.15) is 78.1 Å². The summed E-state index contributed by atoms with van der Waals surface area (Å²) in [7, 11) is 3.67. The summed E-state index contributed by atoms with van der Waals surface area (Å²) in [5, 5.41) is 4.47. The van der Waals surface area contributed by atoms with Gasteiger partial charge in [-0.05, 0) is 36.5 Å². The summed E-state index contributed by atoms with van der Waals surface area (Å²) in [4.78, 5) is 0. The van der Waals surface area contributed by atoms with Gasteiger partial charge in [0.2, 0.25) is 0 Å². The van der Waals surface area contributed by atoms with Gasteiger partial charge in [-0.15, -0.1) is 0 Å². The minimum absolute atomic E-state index is 1.24. The molecular weight excluding hydrogens is 256 g/mol. The van der Waals surface area contributed by atoms with Crippen LogP contribution in [0.4, 0.5) is 0 Å². The Morgan fingerprint density at radius 2 is 1.06 bits per heavy atom. The summed E-state index contributed by atoms with van der Waals surface area (Å²) in [5.41, 5.74) is 0. The van der Waals surface area contributed by atoms with Crippen molar-refractivity contribution in [3.05, 3.63) is 23.0 Å². The number of hydrogen-bond donors (Lipinski definition) is 0. The van der Waals surface area contributed by atoms with E-state index < -0.39 is 0 Å². The summed E-state index contributed by atoms with van der Waals surface area (Å²) in [6.07, 6.45) is 18.0. The van der Waals surface area contributed by atoms with Crippen molar-refractivity contribution >= 4 is 21.6 Å². The Morgan fingerprint density at radius 3 is 1.44 bits per heavy atom. The molecule has 0 radical (unpaired) electrons. The van der Waals surface area contributed by atoms with Gasteiger partial charge >= 0.3 is 0 Å². The van der Waals surface area contributed by atoms with Gasteiger partial charge in [-0.1, -0.05) is 86.1 Å². The van der Waals surface area contributed by atoms with Crippen LogP contribution in [-0.4, -0.2) is 0 Å². The fourth-order valence-corrected chi connectivity index (χ4v) is 3.07. The molecule has 106 valence electrons. The van der Waals surface area contributed by atoms with Gasteiger partial charge in [0, 0.05) is 0 Å². The van der Waals surface area contributed by atoms with E-state index in [0.717, 1.165) is 0 Å². The number of unbranched alkanes of at least 4 members (excludes halogenated alkanes) is 8. The minimum Gasteiger partial charge on any atom is -0.0773 e. The van der Waals surface area contributed by atoms with Crippen LogP contribution in [-0.2, 0) is 0 Å². The van der Waals surface area contributed by atoms with E-state index in [0.29, 0.717) is 0 Å². The maximum absolute atomic E-state index is 2.31. The number of hydrogen-bond acceptors (Lipinski definition) is 2. The van der Waals surface area contributed by atoms with Crippen LogP contribution in [0.15, 0.2) is 23.0 Å². The average molecular weight is 287 g/mol. The number of rotatable bonds is 13. The van der Waals surface area contributed by atoms with Gasteiger partial charge < -0.3 is 0 Å². The highest BCUT2D eigenvalue weighted by Crippen LogP contribution is 2.24. The van der Waals surface area contributed by atoms with Gasteiger partial charge in [-0.25, -0.2) is 0 Å². The van der Waals surface area contributed by atoms with Gasteiger partial charge in [0.25, 0.3) is 0 Å². The molecule has 0 saturated heterocycles. The molecule has 0 N–H and O–H groups in total. The molecule has 0 aromatic rings. The Labute approximate surface area is 122 Å². The van der Waals surface area contributed by atoms with E-state index in [-0.39, 0.29) is 0 Å². The fourth-order valence-electron chi connectivity index (χ4n) is 1.66. The molecular formula is C16H30S2. The summed E-state index contributed by atoms with van der Waals surface area (Å²) >= 11 is 0. The molecule has 0 saturated carbocycles. The molecule has 0 aliphatic heterocycles. The fraction of sp³-hybridized carbons (Fsp3) is 0.750. The smallest absolute Gasteiger partial charge is 0.0218 e. The monoisotopic (exact) mass is 286 g/mol. The molecule has 0 unspecified atom stereocenters. The van der Waals surface area contributed by atoms with E-state index in [1.54, 1.807) is 0 Å². The second-order valence-corrected chi connectivity index (χ2v) is 6.72. The zero-order chi connectivity index (χ0) is 13.3. The molecule has 0 spiro atoms. The Bertz CT molecular complexity index is 175. The van der Waals surface area contributed by atoms with Crippen molar-refractivity contribution in [1.82, 2.24) is 0 Å². The second-order valence-electron chi connectivity index (χ2n) is 4.63. The van der Waals surface area contributed by atoms with E-state index in [4.69, 9.17) is 0 Å². The predicted molar refractivity (Wildman–Crippen MR) is 91.0 cm³/mol. The van der Waals surface area contributed by atoms with Gasteiger partial charge in [-0.3, -0.25) is 0 Å². The van der Waals surface area contributed by atoms with E-state index in [1.807, 2.05) is 21.6 Å². The van der Waals surface area contributed by atoms with E-state index >= 15 is 0 Å². The molecule has 0 aliphatic rings. The highest BCUT2D eigenvalue weighted by molar-refractivity contribution is 8.78. The molecule has 0 rings (SSSR count). The summed E-state index contributed by atoms with van der Waals surface area (Å²) in [6, 6.07) is 0. The van der Waals surface area contributed by atoms with Crippen LogP contribution >= 0.6 is 21.6 Å². The Hall–Kier alpha value is 0.180. The molecule has 0 heterocycles. The Balaban J connectivity index is 3.13. The lowest BCUT2D eigenvalue weighted by atomic mass is 10.2. The predicted octanol–water partition coefficient (Wildman–Crippen LogP) is 7.34. The van der Waals surface area contributed by atoms with E-state index in [9.17, 15) is 0 Å². The normalized spacial score (nSPS) is 11.9. The maximum atomic E-state index is 2.31. The van der Waals surface area contributed by atoms with Crippen molar-refractivity contribution < 1.29 is 0 Å². The van der Waals surface area contributed by atoms with Crippen LogP contribution in [0.5, 0.6) is 0 Å². The first kappa shape index (κ1) is 18.2. The summed E-state index contributed by atoms with van der Waals surface area (Å²) < 4.78 is 0. The third-order valence-electron chi connectivity index (χ3n) is 2.81. The zero-order valence-electron chi connectivity index (χ0n) is 12.2. The molecule has 0 aromatic heterocycles. The lowest BCUT2D eigenvalue weighted by molar-refractivity contribution is 0.675. The minimum atomic E-state index is 1.24. The van der Waals surface area contributed by atoms with E-state index in [2.05, 4.69) is 36.8 Å². The maximum Gasteiger partial charge on any atom is -0.0218 e. The van der Waals surface area contributed by atoms with E-state index in [1.165, 1.54) is 64.2 Å². The topological polar surface area (TPSA) is 0 Å².